The highest BCUT2D eigenvalue weighted by molar-refractivity contribution is 5.64. The number of aliphatic imine (C=N–C) groups is 1. The fraction of sp³-hybridized carbons (Fsp3) is 0.222. The molecule has 0 aliphatic heterocycles. The molecule has 1 aromatic carbocycles. The van der Waals surface area contributed by atoms with Gasteiger partial charge in [-0.05, 0) is 12.5 Å². The Bertz CT molecular complexity index is 401. The number of nitro groups is 1. The van der Waals surface area contributed by atoms with Gasteiger partial charge in [0.25, 0.3) is 5.69 Å². The number of benzene rings is 1. The molecule has 0 radical (unpaired) electrons. The lowest BCUT2D eigenvalue weighted by Gasteiger charge is -2.03. The summed E-state index contributed by atoms with van der Waals surface area (Å²) in [5.41, 5.74) is 1.42. The molecule has 0 saturated carbocycles. The molecule has 0 saturated heterocycles. The van der Waals surface area contributed by atoms with E-state index < -0.39 is 4.92 Å². The lowest BCUT2D eigenvalue weighted by Crippen LogP contribution is -2.23. The molecule has 80 valence electrons. The van der Waals surface area contributed by atoms with Gasteiger partial charge < -0.3 is 5.01 Å². The van der Waals surface area contributed by atoms with E-state index in [2.05, 4.69) is 4.99 Å². The Morgan fingerprint density at radius 3 is 2.80 bits per heavy atom. The van der Waals surface area contributed by atoms with Crippen LogP contribution in [0.25, 0.3) is 0 Å². The Morgan fingerprint density at radius 2 is 2.27 bits per heavy atom. The number of nitro benzene ring substituents is 1. The highest BCUT2D eigenvalue weighted by Gasteiger charge is 2.07. The maximum Gasteiger partial charge on any atom is 0.271 e. The molecule has 0 amide bonds. The van der Waals surface area contributed by atoms with Crippen LogP contribution in [0.4, 0.5) is 11.4 Å². The lowest BCUT2D eigenvalue weighted by molar-refractivity contribution is -0.384. The number of hydrogen-bond acceptors (Lipinski definition) is 4. The molecule has 15 heavy (non-hydrogen) atoms. The second kappa shape index (κ2) is 4.52. The van der Waals surface area contributed by atoms with Crippen LogP contribution in [0.1, 0.15) is 5.56 Å². The van der Waals surface area contributed by atoms with Gasteiger partial charge in [0.1, 0.15) is 6.34 Å². The first kappa shape index (κ1) is 11.1. The minimum atomic E-state index is -0.454. The van der Waals surface area contributed by atoms with E-state index in [1.807, 2.05) is 6.92 Å². The van der Waals surface area contributed by atoms with Crippen molar-refractivity contribution in [1.29, 1.82) is 0 Å². The van der Waals surface area contributed by atoms with E-state index >= 15 is 0 Å². The Balaban J connectivity index is 3.05. The highest BCUT2D eigenvalue weighted by Crippen LogP contribution is 2.23. The Kier molecular flexibility index (Phi) is 3.35. The average molecular weight is 208 g/mol. The van der Waals surface area contributed by atoms with E-state index in [0.717, 1.165) is 5.56 Å². The van der Waals surface area contributed by atoms with Crippen LogP contribution in [-0.4, -0.2) is 23.3 Å². The molecule has 6 heteroatoms. The number of nitrogens with two attached hydrogens (primary N) is 1. The topological polar surface area (TPSA) is 84.8 Å². The van der Waals surface area contributed by atoms with Gasteiger partial charge in [-0.3, -0.25) is 10.1 Å². The molecule has 0 aliphatic rings. The maximum atomic E-state index is 10.5. The van der Waals surface area contributed by atoms with Crippen molar-refractivity contribution in [1.82, 2.24) is 5.01 Å². The Hall–Kier alpha value is -1.95. The summed E-state index contributed by atoms with van der Waals surface area (Å²) in [6.45, 7) is 1.83. The molecule has 0 aliphatic carbocycles. The molecule has 0 unspecified atom stereocenters. The second-order valence-corrected chi connectivity index (χ2v) is 3.14. The van der Waals surface area contributed by atoms with Gasteiger partial charge in [-0.15, -0.1) is 0 Å². The van der Waals surface area contributed by atoms with Crippen molar-refractivity contribution in [2.24, 2.45) is 10.8 Å². The van der Waals surface area contributed by atoms with Crippen molar-refractivity contribution < 1.29 is 4.92 Å². The number of hydrazine groups is 1. The monoisotopic (exact) mass is 208 g/mol. The van der Waals surface area contributed by atoms with Crippen LogP contribution in [0.2, 0.25) is 0 Å². The molecule has 6 nitrogen and oxygen atoms in total. The fourth-order valence-electron chi connectivity index (χ4n) is 1.00. The van der Waals surface area contributed by atoms with Crippen molar-refractivity contribution in [3.05, 3.63) is 33.9 Å². The van der Waals surface area contributed by atoms with Gasteiger partial charge >= 0.3 is 0 Å². The third kappa shape index (κ3) is 3.03. The Labute approximate surface area is 87.1 Å². The van der Waals surface area contributed by atoms with Crippen LogP contribution in [0.5, 0.6) is 0 Å². The van der Waals surface area contributed by atoms with E-state index in [0.29, 0.717) is 5.69 Å². The standard InChI is InChI=1S/C9H12N4O2/c1-7-3-4-8(13(14)15)5-9(7)11-6-12(2)10/h3-6H,10H2,1-2H3. The van der Waals surface area contributed by atoms with Crippen molar-refractivity contribution >= 4 is 17.7 Å². The largest absolute Gasteiger partial charge is 0.304 e. The molecular weight excluding hydrogens is 196 g/mol. The van der Waals surface area contributed by atoms with Gasteiger partial charge in [0, 0.05) is 19.2 Å². The summed E-state index contributed by atoms with van der Waals surface area (Å²) in [6.07, 6.45) is 1.39. The Morgan fingerprint density at radius 1 is 1.60 bits per heavy atom. The van der Waals surface area contributed by atoms with Crippen molar-refractivity contribution in [2.75, 3.05) is 7.05 Å². The zero-order chi connectivity index (χ0) is 11.4. The maximum absolute atomic E-state index is 10.5. The third-order valence-electron chi connectivity index (χ3n) is 1.78. The van der Waals surface area contributed by atoms with Crippen LogP contribution < -0.4 is 5.84 Å². The predicted octanol–water partition coefficient (Wildman–Crippen LogP) is 1.37. The number of aryl methyl sites for hydroxylation is 1. The molecule has 0 atom stereocenters. The van der Waals surface area contributed by atoms with Crippen molar-refractivity contribution in [3.8, 4) is 0 Å². The third-order valence-corrected chi connectivity index (χ3v) is 1.78. The van der Waals surface area contributed by atoms with Crippen LogP contribution >= 0.6 is 0 Å². The van der Waals surface area contributed by atoms with Crippen molar-refractivity contribution in [2.45, 2.75) is 6.92 Å². The summed E-state index contributed by atoms with van der Waals surface area (Å²) < 4.78 is 0. The van der Waals surface area contributed by atoms with Crippen LogP contribution in [0, 0.1) is 17.0 Å². The first-order valence-electron chi connectivity index (χ1n) is 4.27. The molecular formula is C9H12N4O2. The molecule has 0 aromatic heterocycles. The SMILES string of the molecule is Cc1ccc([N+](=O)[O-])cc1N=CN(C)N. The van der Waals surface area contributed by atoms with Gasteiger partial charge in [0.05, 0.1) is 10.6 Å². The van der Waals surface area contributed by atoms with Crippen LogP contribution in [0.15, 0.2) is 23.2 Å². The number of hydrogen-bond donors (Lipinski definition) is 1. The predicted molar refractivity (Wildman–Crippen MR) is 57.9 cm³/mol. The van der Waals surface area contributed by atoms with E-state index in [1.165, 1.54) is 23.5 Å². The van der Waals surface area contributed by atoms with Gasteiger partial charge in [-0.2, -0.15) is 0 Å². The minimum Gasteiger partial charge on any atom is -0.304 e. The quantitative estimate of drug-likeness (QED) is 0.267. The van der Waals surface area contributed by atoms with E-state index in [-0.39, 0.29) is 5.69 Å². The summed E-state index contributed by atoms with van der Waals surface area (Å²) >= 11 is 0. The molecule has 1 rings (SSSR count). The zero-order valence-corrected chi connectivity index (χ0v) is 8.54. The first-order valence-corrected chi connectivity index (χ1v) is 4.27. The molecule has 2 N–H and O–H groups in total. The summed E-state index contributed by atoms with van der Waals surface area (Å²) in [5, 5.41) is 11.8. The van der Waals surface area contributed by atoms with E-state index in [1.54, 1.807) is 13.1 Å². The van der Waals surface area contributed by atoms with Crippen LogP contribution in [-0.2, 0) is 0 Å². The molecule has 0 fully saturated rings. The second-order valence-electron chi connectivity index (χ2n) is 3.14. The van der Waals surface area contributed by atoms with Gasteiger partial charge in [0.15, 0.2) is 0 Å². The molecule has 0 spiro atoms. The number of rotatable bonds is 3. The van der Waals surface area contributed by atoms with Crippen LogP contribution in [0.3, 0.4) is 0 Å². The van der Waals surface area contributed by atoms with E-state index in [9.17, 15) is 10.1 Å². The summed E-state index contributed by atoms with van der Waals surface area (Å²) in [4.78, 5) is 14.1. The smallest absolute Gasteiger partial charge is 0.271 e. The summed E-state index contributed by atoms with van der Waals surface area (Å²) in [5.74, 6) is 5.34. The highest BCUT2D eigenvalue weighted by atomic mass is 16.6. The molecule has 0 heterocycles. The number of nitrogens with zero attached hydrogens (tertiary/aromatic N) is 3. The van der Waals surface area contributed by atoms with Gasteiger partial charge in [0.2, 0.25) is 0 Å². The normalized spacial score (nSPS) is 10.6. The molecule has 1 aromatic rings. The summed E-state index contributed by atoms with van der Waals surface area (Å²) in [6, 6.07) is 4.51. The molecule has 0 bridgehead atoms. The average Bonchev–Trinajstić information content (AvgIpc) is 2.16. The fourth-order valence-corrected chi connectivity index (χ4v) is 1.00. The van der Waals surface area contributed by atoms with Gasteiger partial charge in [-0.1, -0.05) is 6.07 Å². The van der Waals surface area contributed by atoms with Crippen molar-refractivity contribution in [3.63, 3.8) is 0 Å². The zero-order valence-electron chi connectivity index (χ0n) is 8.54. The lowest BCUT2D eigenvalue weighted by atomic mass is 10.2. The summed E-state index contributed by atoms with van der Waals surface area (Å²) in [7, 11) is 1.62. The van der Waals surface area contributed by atoms with E-state index in [4.69, 9.17) is 5.84 Å². The minimum absolute atomic E-state index is 0.0208. The van der Waals surface area contributed by atoms with Gasteiger partial charge in [-0.25, -0.2) is 10.8 Å². The first-order chi connectivity index (χ1) is 7.00. The number of non-ortho nitro benzene ring substituents is 1.